The predicted molar refractivity (Wildman–Crippen MR) is 75.4 cm³/mol. The Labute approximate surface area is 115 Å². The molecule has 0 aliphatic rings. The van der Waals surface area contributed by atoms with Crippen LogP contribution in [-0.4, -0.2) is 4.98 Å². The van der Waals surface area contributed by atoms with Gasteiger partial charge >= 0.3 is 0 Å². The van der Waals surface area contributed by atoms with Gasteiger partial charge in [0, 0.05) is 18.1 Å². The van der Waals surface area contributed by atoms with E-state index >= 15 is 0 Å². The molecule has 0 amide bonds. The lowest BCUT2D eigenvalue weighted by molar-refractivity contribution is 0.511. The molecule has 2 aromatic carbocycles. The summed E-state index contributed by atoms with van der Waals surface area (Å²) in [7, 11) is 0. The monoisotopic (exact) mass is 270 g/mol. The van der Waals surface area contributed by atoms with E-state index < -0.39 is 11.6 Å². The third-order valence-corrected chi connectivity index (χ3v) is 3.14. The molecule has 0 bridgehead atoms. The van der Waals surface area contributed by atoms with E-state index in [-0.39, 0.29) is 5.69 Å². The van der Waals surface area contributed by atoms with E-state index in [1.54, 1.807) is 6.20 Å². The van der Waals surface area contributed by atoms with Gasteiger partial charge in [-0.15, -0.1) is 0 Å². The summed E-state index contributed by atoms with van der Waals surface area (Å²) in [5.74, 6) is -1.72. The summed E-state index contributed by atoms with van der Waals surface area (Å²) >= 11 is 0. The summed E-state index contributed by atoms with van der Waals surface area (Å²) < 4.78 is 26.7. The fraction of sp³-hybridized carbons (Fsp3) is 0.0625. The first kappa shape index (κ1) is 12.5. The number of rotatable bonds is 3. The molecular formula is C16H12F2N2. The van der Waals surface area contributed by atoms with Gasteiger partial charge in [-0.1, -0.05) is 30.3 Å². The summed E-state index contributed by atoms with van der Waals surface area (Å²) in [4.78, 5) is 4.33. The molecule has 0 aliphatic heterocycles. The normalized spacial score (nSPS) is 10.7. The largest absolute Gasteiger partial charge is 0.378 e. The van der Waals surface area contributed by atoms with Crippen LogP contribution in [0, 0.1) is 11.6 Å². The van der Waals surface area contributed by atoms with Crippen molar-refractivity contribution in [2.24, 2.45) is 0 Å². The van der Waals surface area contributed by atoms with Crippen LogP contribution in [0.3, 0.4) is 0 Å². The Kier molecular flexibility index (Phi) is 3.29. The van der Waals surface area contributed by atoms with Gasteiger partial charge in [0.05, 0.1) is 11.2 Å². The van der Waals surface area contributed by atoms with Crippen LogP contribution in [0.2, 0.25) is 0 Å². The minimum absolute atomic E-state index is 0.151. The molecule has 0 fully saturated rings. The van der Waals surface area contributed by atoms with Crippen molar-refractivity contribution >= 4 is 16.6 Å². The molecular weight excluding hydrogens is 258 g/mol. The number of aromatic nitrogens is 1. The van der Waals surface area contributed by atoms with Crippen LogP contribution in [0.4, 0.5) is 14.5 Å². The maximum absolute atomic E-state index is 13.6. The third kappa shape index (κ3) is 2.32. The highest BCUT2D eigenvalue weighted by Gasteiger charge is 2.08. The number of fused-ring (bicyclic) bond motifs is 1. The third-order valence-electron chi connectivity index (χ3n) is 3.14. The van der Waals surface area contributed by atoms with Gasteiger partial charge in [0.15, 0.2) is 11.6 Å². The summed E-state index contributed by atoms with van der Waals surface area (Å²) in [6.07, 6.45) is 1.72. The molecule has 0 saturated carbocycles. The number of hydrogen-bond donors (Lipinski definition) is 1. The van der Waals surface area contributed by atoms with Crippen molar-refractivity contribution in [3.05, 3.63) is 71.9 Å². The molecule has 0 radical (unpaired) electrons. The van der Waals surface area contributed by atoms with Crippen LogP contribution >= 0.6 is 0 Å². The molecule has 1 aromatic heterocycles. The van der Waals surface area contributed by atoms with Gasteiger partial charge < -0.3 is 5.32 Å². The fourth-order valence-corrected chi connectivity index (χ4v) is 2.14. The topological polar surface area (TPSA) is 24.9 Å². The Bertz CT molecular complexity index is 751. The van der Waals surface area contributed by atoms with Gasteiger partial charge in [0.1, 0.15) is 0 Å². The van der Waals surface area contributed by atoms with Crippen molar-refractivity contribution in [2.75, 3.05) is 5.32 Å². The predicted octanol–water partition coefficient (Wildman–Crippen LogP) is 4.13. The standard InChI is InChI=1S/C16H12F2N2/c17-13-7-2-8-14(15(13)18)20-10-12-5-1-4-11-6-3-9-19-16(11)12/h1-9,20H,10H2. The van der Waals surface area contributed by atoms with Crippen molar-refractivity contribution < 1.29 is 8.78 Å². The SMILES string of the molecule is Fc1cccc(NCc2cccc3cccnc23)c1F. The van der Waals surface area contributed by atoms with E-state index in [1.165, 1.54) is 12.1 Å². The summed E-state index contributed by atoms with van der Waals surface area (Å²) in [6.45, 7) is 0.384. The fourth-order valence-electron chi connectivity index (χ4n) is 2.14. The molecule has 4 heteroatoms. The van der Waals surface area contributed by atoms with Gasteiger partial charge in [-0.2, -0.15) is 0 Å². The lowest BCUT2D eigenvalue weighted by atomic mass is 10.1. The minimum atomic E-state index is -0.860. The van der Waals surface area contributed by atoms with Gasteiger partial charge in [0.25, 0.3) is 0 Å². The first-order valence-electron chi connectivity index (χ1n) is 6.26. The average molecular weight is 270 g/mol. The lowest BCUT2D eigenvalue weighted by Crippen LogP contribution is -2.03. The second kappa shape index (κ2) is 5.25. The van der Waals surface area contributed by atoms with Crippen molar-refractivity contribution in [1.82, 2.24) is 4.98 Å². The van der Waals surface area contributed by atoms with E-state index in [2.05, 4.69) is 10.3 Å². The van der Waals surface area contributed by atoms with Gasteiger partial charge in [-0.05, 0) is 23.8 Å². The Morgan fingerprint density at radius 1 is 0.950 bits per heavy atom. The van der Waals surface area contributed by atoms with Crippen LogP contribution in [-0.2, 0) is 6.54 Å². The van der Waals surface area contributed by atoms with Crippen LogP contribution in [0.25, 0.3) is 10.9 Å². The Balaban J connectivity index is 1.89. The van der Waals surface area contributed by atoms with Crippen LogP contribution in [0.1, 0.15) is 5.56 Å². The first-order chi connectivity index (χ1) is 9.75. The number of nitrogens with one attached hydrogen (secondary N) is 1. The van der Waals surface area contributed by atoms with Crippen molar-refractivity contribution in [3.63, 3.8) is 0 Å². The zero-order valence-corrected chi connectivity index (χ0v) is 10.6. The van der Waals surface area contributed by atoms with E-state index in [0.29, 0.717) is 6.54 Å². The molecule has 0 aliphatic carbocycles. The van der Waals surface area contributed by atoms with E-state index in [1.807, 2.05) is 30.3 Å². The first-order valence-corrected chi connectivity index (χ1v) is 6.26. The molecule has 3 aromatic rings. The van der Waals surface area contributed by atoms with Crippen molar-refractivity contribution in [2.45, 2.75) is 6.54 Å². The molecule has 2 nitrogen and oxygen atoms in total. The molecule has 3 rings (SSSR count). The number of pyridine rings is 1. The number of nitrogens with zero attached hydrogens (tertiary/aromatic N) is 1. The van der Waals surface area contributed by atoms with Gasteiger partial charge in [0.2, 0.25) is 0 Å². The minimum Gasteiger partial charge on any atom is -0.378 e. The Morgan fingerprint density at radius 3 is 2.65 bits per heavy atom. The van der Waals surface area contributed by atoms with E-state index in [4.69, 9.17) is 0 Å². The number of anilines is 1. The number of para-hydroxylation sites is 1. The summed E-state index contributed by atoms with van der Waals surface area (Å²) in [5.41, 5.74) is 1.95. The van der Waals surface area contributed by atoms with Gasteiger partial charge in [-0.3, -0.25) is 4.98 Å². The van der Waals surface area contributed by atoms with E-state index in [9.17, 15) is 8.78 Å². The zero-order chi connectivity index (χ0) is 13.9. The number of hydrogen-bond acceptors (Lipinski definition) is 2. The highest BCUT2D eigenvalue weighted by atomic mass is 19.2. The molecule has 1 N–H and O–H groups in total. The molecule has 0 spiro atoms. The van der Waals surface area contributed by atoms with Crippen molar-refractivity contribution in [3.8, 4) is 0 Å². The highest BCUT2D eigenvalue weighted by Crippen LogP contribution is 2.20. The number of benzene rings is 2. The molecule has 1 heterocycles. The second-order valence-corrected chi connectivity index (χ2v) is 4.45. The quantitative estimate of drug-likeness (QED) is 0.774. The lowest BCUT2D eigenvalue weighted by Gasteiger charge is -2.09. The summed E-state index contributed by atoms with van der Waals surface area (Å²) in [6, 6.07) is 13.7. The van der Waals surface area contributed by atoms with E-state index in [0.717, 1.165) is 22.5 Å². The molecule has 0 saturated heterocycles. The number of halogens is 2. The smallest absolute Gasteiger partial charge is 0.181 e. The van der Waals surface area contributed by atoms with Crippen LogP contribution in [0.5, 0.6) is 0 Å². The summed E-state index contributed by atoms with van der Waals surface area (Å²) in [5, 5.41) is 3.93. The zero-order valence-electron chi connectivity index (χ0n) is 10.6. The second-order valence-electron chi connectivity index (χ2n) is 4.45. The van der Waals surface area contributed by atoms with Crippen LogP contribution < -0.4 is 5.32 Å². The molecule has 100 valence electrons. The van der Waals surface area contributed by atoms with Crippen molar-refractivity contribution in [1.29, 1.82) is 0 Å². The molecule has 0 unspecified atom stereocenters. The van der Waals surface area contributed by atoms with Crippen LogP contribution in [0.15, 0.2) is 54.7 Å². The Morgan fingerprint density at radius 2 is 1.75 bits per heavy atom. The Hall–Kier alpha value is -2.49. The molecule has 20 heavy (non-hydrogen) atoms. The van der Waals surface area contributed by atoms with Gasteiger partial charge in [-0.25, -0.2) is 8.78 Å². The average Bonchev–Trinajstić information content (AvgIpc) is 2.49. The maximum atomic E-state index is 13.6. The highest BCUT2D eigenvalue weighted by molar-refractivity contribution is 5.81. The maximum Gasteiger partial charge on any atom is 0.181 e. The molecule has 0 atom stereocenters.